The molecule has 7 heteroatoms. The van der Waals surface area contributed by atoms with E-state index in [-0.39, 0.29) is 27.6 Å². The number of phenols is 1. The Hall–Kier alpha value is -1.50. The number of fused-ring (bicyclic) bond motifs is 1. The average Bonchev–Trinajstić information content (AvgIpc) is 2.33. The van der Waals surface area contributed by atoms with Crippen LogP contribution in [-0.2, 0) is 16.5 Å². The van der Waals surface area contributed by atoms with Crippen LogP contribution in [0, 0.1) is 0 Å². The zero-order valence-electron chi connectivity index (χ0n) is 9.80. The van der Waals surface area contributed by atoms with E-state index in [9.17, 15) is 13.5 Å². The molecule has 0 spiro atoms. The van der Waals surface area contributed by atoms with E-state index in [1.54, 1.807) is 6.07 Å². The Morgan fingerprint density at radius 2 is 1.89 bits per heavy atom. The molecule has 0 aliphatic heterocycles. The fourth-order valence-corrected chi connectivity index (χ4v) is 2.70. The lowest BCUT2D eigenvalue weighted by Gasteiger charge is -2.10. The number of nitrogens with two attached hydrogens (primary N) is 1. The highest BCUT2D eigenvalue weighted by Crippen LogP contribution is 2.34. The third-order valence-electron chi connectivity index (χ3n) is 2.86. The fraction of sp³-hybridized carbons (Fsp3) is 0.167. The molecule has 0 saturated carbocycles. The van der Waals surface area contributed by atoms with Gasteiger partial charge in [-0.15, -0.1) is 11.6 Å². The molecular formula is C12H12ClNO4S. The van der Waals surface area contributed by atoms with Crippen LogP contribution in [0.1, 0.15) is 5.56 Å². The van der Waals surface area contributed by atoms with Crippen molar-refractivity contribution < 1.29 is 18.1 Å². The van der Waals surface area contributed by atoms with Gasteiger partial charge >= 0.3 is 0 Å². The molecule has 102 valence electrons. The van der Waals surface area contributed by atoms with Crippen molar-refractivity contribution in [1.82, 2.24) is 0 Å². The molecule has 0 aromatic heterocycles. The number of benzene rings is 2. The maximum atomic E-state index is 11.2. The molecule has 0 aliphatic rings. The van der Waals surface area contributed by atoms with Gasteiger partial charge in [0.1, 0.15) is 5.75 Å². The van der Waals surface area contributed by atoms with Gasteiger partial charge in [0.15, 0.2) is 0 Å². The van der Waals surface area contributed by atoms with Crippen LogP contribution in [0.15, 0.2) is 29.2 Å². The third kappa shape index (κ3) is 2.60. The number of aryl methyl sites for hydroxylation is 1. The van der Waals surface area contributed by atoms with E-state index in [2.05, 4.69) is 0 Å². The molecule has 0 atom stereocenters. The van der Waals surface area contributed by atoms with Gasteiger partial charge in [0.05, 0.1) is 10.6 Å². The maximum absolute atomic E-state index is 11.2. The van der Waals surface area contributed by atoms with Gasteiger partial charge in [0, 0.05) is 11.3 Å². The Labute approximate surface area is 115 Å². The van der Waals surface area contributed by atoms with Crippen LogP contribution in [0.2, 0.25) is 0 Å². The molecule has 19 heavy (non-hydrogen) atoms. The van der Waals surface area contributed by atoms with Crippen LogP contribution in [0.25, 0.3) is 10.8 Å². The summed E-state index contributed by atoms with van der Waals surface area (Å²) in [5.41, 5.74) is 6.34. The van der Waals surface area contributed by atoms with E-state index in [0.29, 0.717) is 17.4 Å². The maximum Gasteiger partial charge on any atom is 0.294 e. The summed E-state index contributed by atoms with van der Waals surface area (Å²) in [6.07, 6.45) is 0.408. The second kappa shape index (κ2) is 4.88. The molecule has 0 amide bonds. The minimum absolute atomic E-state index is 0.136. The van der Waals surface area contributed by atoms with Crippen molar-refractivity contribution in [2.45, 2.75) is 11.3 Å². The van der Waals surface area contributed by atoms with Gasteiger partial charge in [-0.05, 0) is 35.6 Å². The number of hydrogen-bond donors (Lipinski definition) is 3. The first-order valence-corrected chi connectivity index (χ1v) is 7.39. The summed E-state index contributed by atoms with van der Waals surface area (Å²) in [5.74, 6) is 0.0774. The van der Waals surface area contributed by atoms with Crippen LogP contribution in [0.3, 0.4) is 0 Å². The van der Waals surface area contributed by atoms with Crippen molar-refractivity contribution in [2.24, 2.45) is 0 Å². The van der Waals surface area contributed by atoms with Gasteiger partial charge in [-0.25, -0.2) is 0 Å². The molecule has 0 unspecified atom stereocenters. The molecule has 0 bridgehead atoms. The number of hydrogen-bond acceptors (Lipinski definition) is 4. The smallest absolute Gasteiger partial charge is 0.294 e. The van der Waals surface area contributed by atoms with Crippen LogP contribution < -0.4 is 5.73 Å². The standard InChI is InChI=1S/C12H12ClNO4S/c13-4-3-7-5-8(19(16,17)18)6-10-9(7)1-2-11(14)12(10)15/h1-2,5-6,15H,3-4,14H2,(H,16,17,18). The number of aromatic hydroxyl groups is 1. The summed E-state index contributed by atoms with van der Waals surface area (Å²) in [7, 11) is -4.36. The summed E-state index contributed by atoms with van der Waals surface area (Å²) in [6, 6.07) is 5.74. The molecular weight excluding hydrogens is 290 g/mol. The van der Waals surface area contributed by atoms with Crippen LogP contribution in [0.4, 0.5) is 5.69 Å². The van der Waals surface area contributed by atoms with Gasteiger partial charge in [0.25, 0.3) is 10.1 Å². The predicted octanol–water partition coefficient (Wildman–Crippen LogP) is 2.16. The molecule has 0 radical (unpaired) electrons. The monoisotopic (exact) mass is 301 g/mol. The SMILES string of the molecule is Nc1ccc2c(CCCl)cc(S(=O)(=O)O)cc2c1O. The number of alkyl halides is 1. The molecule has 4 N–H and O–H groups in total. The van der Waals surface area contributed by atoms with Crippen molar-refractivity contribution in [3.8, 4) is 5.75 Å². The Balaban J connectivity index is 2.88. The second-order valence-electron chi connectivity index (χ2n) is 4.09. The highest BCUT2D eigenvalue weighted by molar-refractivity contribution is 7.85. The van der Waals surface area contributed by atoms with Crippen LogP contribution >= 0.6 is 11.6 Å². The fourth-order valence-electron chi connectivity index (χ4n) is 1.94. The predicted molar refractivity (Wildman–Crippen MR) is 74.3 cm³/mol. The average molecular weight is 302 g/mol. The topological polar surface area (TPSA) is 101 Å². The summed E-state index contributed by atoms with van der Waals surface area (Å²) in [6.45, 7) is 0. The van der Waals surface area contributed by atoms with Crippen LogP contribution in [0.5, 0.6) is 5.75 Å². The van der Waals surface area contributed by atoms with Crippen molar-refractivity contribution in [3.05, 3.63) is 29.8 Å². The number of phenolic OH excluding ortho intramolecular Hbond substituents is 1. The van der Waals surface area contributed by atoms with Crippen molar-refractivity contribution in [1.29, 1.82) is 0 Å². The lowest BCUT2D eigenvalue weighted by atomic mass is 10.0. The first-order chi connectivity index (χ1) is 8.84. The molecule has 5 nitrogen and oxygen atoms in total. The quantitative estimate of drug-likeness (QED) is 0.349. The molecule has 0 saturated heterocycles. The first kappa shape index (κ1) is 13.9. The van der Waals surface area contributed by atoms with E-state index in [0.717, 1.165) is 0 Å². The molecule has 0 heterocycles. The molecule has 2 aromatic rings. The molecule has 0 aliphatic carbocycles. The Bertz CT molecular complexity index is 743. The summed E-state index contributed by atoms with van der Waals surface area (Å²) in [4.78, 5) is -0.291. The number of nitrogen functional groups attached to an aromatic ring is 1. The lowest BCUT2D eigenvalue weighted by molar-refractivity contribution is 0.482. The first-order valence-electron chi connectivity index (χ1n) is 5.42. The summed E-state index contributed by atoms with van der Waals surface area (Å²) in [5, 5.41) is 10.8. The Kier molecular flexibility index (Phi) is 3.58. The minimum Gasteiger partial charge on any atom is -0.505 e. The highest BCUT2D eigenvalue weighted by Gasteiger charge is 2.16. The summed E-state index contributed by atoms with van der Waals surface area (Å²) >= 11 is 5.67. The number of rotatable bonds is 3. The van der Waals surface area contributed by atoms with Crippen molar-refractivity contribution in [3.63, 3.8) is 0 Å². The number of halogens is 1. The Morgan fingerprint density at radius 1 is 1.21 bits per heavy atom. The van der Waals surface area contributed by atoms with Gasteiger partial charge in [-0.3, -0.25) is 4.55 Å². The van der Waals surface area contributed by atoms with E-state index in [4.69, 9.17) is 21.9 Å². The normalized spacial score (nSPS) is 11.9. The Morgan fingerprint density at radius 3 is 2.47 bits per heavy atom. The summed E-state index contributed by atoms with van der Waals surface area (Å²) < 4.78 is 31.6. The largest absolute Gasteiger partial charge is 0.505 e. The number of anilines is 1. The second-order valence-corrected chi connectivity index (χ2v) is 5.89. The van der Waals surface area contributed by atoms with Crippen LogP contribution in [-0.4, -0.2) is 24.0 Å². The minimum atomic E-state index is -4.36. The van der Waals surface area contributed by atoms with Crippen molar-refractivity contribution >= 4 is 38.2 Å². The van der Waals surface area contributed by atoms with Gasteiger partial charge in [-0.2, -0.15) is 8.42 Å². The third-order valence-corrected chi connectivity index (χ3v) is 3.88. The zero-order chi connectivity index (χ0) is 14.2. The van der Waals surface area contributed by atoms with Gasteiger partial charge < -0.3 is 10.8 Å². The van der Waals surface area contributed by atoms with Gasteiger partial charge in [-0.1, -0.05) is 6.07 Å². The van der Waals surface area contributed by atoms with E-state index in [1.165, 1.54) is 18.2 Å². The van der Waals surface area contributed by atoms with E-state index in [1.807, 2.05) is 0 Å². The van der Waals surface area contributed by atoms with Crippen molar-refractivity contribution in [2.75, 3.05) is 11.6 Å². The van der Waals surface area contributed by atoms with E-state index < -0.39 is 10.1 Å². The van der Waals surface area contributed by atoms with Gasteiger partial charge in [0.2, 0.25) is 0 Å². The van der Waals surface area contributed by atoms with E-state index >= 15 is 0 Å². The molecule has 0 fully saturated rings. The zero-order valence-corrected chi connectivity index (χ0v) is 11.4. The lowest BCUT2D eigenvalue weighted by Crippen LogP contribution is -2.01. The molecule has 2 aromatic carbocycles. The molecule has 2 rings (SSSR count). The highest BCUT2D eigenvalue weighted by atomic mass is 35.5.